The number of rotatable bonds is 0. The highest BCUT2D eigenvalue weighted by atomic mass is 35.5. The Morgan fingerprint density at radius 3 is 2.25 bits per heavy atom. The van der Waals surface area contributed by atoms with Crippen molar-refractivity contribution in [3.05, 3.63) is 0 Å². The van der Waals surface area contributed by atoms with Crippen molar-refractivity contribution in [3.8, 4) is 0 Å². The van der Waals surface area contributed by atoms with Gasteiger partial charge in [0.1, 0.15) is 0 Å². The van der Waals surface area contributed by atoms with Gasteiger partial charge >= 0.3 is 0 Å². The fourth-order valence-electron chi connectivity index (χ4n) is 1.62. The molecular formula is C9H21ClN2. The van der Waals surface area contributed by atoms with Crippen molar-refractivity contribution >= 4 is 12.4 Å². The van der Waals surface area contributed by atoms with Gasteiger partial charge in [-0.25, -0.2) is 0 Å². The molecule has 0 amide bonds. The third-order valence-electron chi connectivity index (χ3n) is 2.41. The summed E-state index contributed by atoms with van der Waals surface area (Å²) in [6.45, 7) is 9.06. The fourth-order valence-corrected chi connectivity index (χ4v) is 1.62. The molecular weight excluding hydrogens is 172 g/mol. The molecule has 3 heteroatoms. The molecule has 1 atom stereocenters. The zero-order chi connectivity index (χ0) is 8.48. The van der Waals surface area contributed by atoms with Gasteiger partial charge in [0.15, 0.2) is 0 Å². The van der Waals surface area contributed by atoms with E-state index >= 15 is 0 Å². The monoisotopic (exact) mass is 192 g/mol. The predicted octanol–water partition coefficient (Wildman–Crippen LogP) is 1.63. The van der Waals surface area contributed by atoms with Crippen molar-refractivity contribution in [1.29, 1.82) is 0 Å². The van der Waals surface area contributed by atoms with Crippen LogP contribution in [0.3, 0.4) is 0 Å². The summed E-state index contributed by atoms with van der Waals surface area (Å²) in [5.41, 5.74) is 6.18. The summed E-state index contributed by atoms with van der Waals surface area (Å²) in [6.07, 6.45) is 2.46. The van der Waals surface area contributed by atoms with Crippen LogP contribution in [0, 0.1) is 0 Å². The van der Waals surface area contributed by atoms with Crippen molar-refractivity contribution in [3.63, 3.8) is 0 Å². The number of nitrogens with two attached hydrogens (primary N) is 1. The molecule has 2 N–H and O–H groups in total. The van der Waals surface area contributed by atoms with Gasteiger partial charge < -0.3 is 5.73 Å². The number of hydrogen-bond acceptors (Lipinski definition) is 2. The van der Waals surface area contributed by atoms with Crippen LogP contribution in [0.5, 0.6) is 0 Å². The molecule has 1 unspecified atom stereocenters. The van der Waals surface area contributed by atoms with Crippen molar-refractivity contribution in [2.75, 3.05) is 13.1 Å². The van der Waals surface area contributed by atoms with E-state index < -0.39 is 0 Å². The zero-order valence-corrected chi connectivity index (χ0v) is 9.16. The third-order valence-corrected chi connectivity index (χ3v) is 2.41. The van der Waals surface area contributed by atoms with Crippen molar-refractivity contribution in [1.82, 2.24) is 4.90 Å². The summed E-state index contributed by atoms with van der Waals surface area (Å²) in [4.78, 5) is 2.47. The van der Waals surface area contributed by atoms with Gasteiger partial charge in [-0.05, 0) is 40.2 Å². The van der Waals surface area contributed by atoms with E-state index in [9.17, 15) is 0 Å². The molecule has 1 rings (SSSR count). The lowest BCUT2D eigenvalue weighted by Gasteiger charge is -2.40. The average molecular weight is 193 g/mol. The Morgan fingerprint density at radius 2 is 1.92 bits per heavy atom. The molecule has 0 spiro atoms. The molecule has 1 heterocycles. The highest BCUT2D eigenvalue weighted by Crippen LogP contribution is 2.18. The normalized spacial score (nSPS) is 26.5. The quantitative estimate of drug-likeness (QED) is 0.632. The molecule has 0 radical (unpaired) electrons. The first-order valence-corrected chi connectivity index (χ1v) is 4.51. The maximum Gasteiger partial charge on any atom is 0.0168 e. The third kappa shape index (κ3) is 3.30. The minimum Gasteiger partial charge on any atom is -0.327 e. The Morgan fingerprint density at radius 1 is 1.33 bits per heavy atom. The first-order valence-electron chi connectivity index (χ1n) is 4.51. The molecule has 0 aromatic heterocycles. The molecule has 0 bridgehead atoms. The van der Waals surface area contributed by atoms with E-state index in [4.69, 9.17) is 5.73 Å². The highest BCUT2D eigenvalue weighted by Gasteiger charge is 2.25. The first kappa shape index (κ1) is 12.2. The molecule has 1 saturated heterocycles. The Hall–Kier alpha value is 0.210. The van der Waals surface area contributed by atoms with E-state index in [2.05, 4.69) is 25.7 Å². The molecule has 1 aliphatic heterocycles. The van der Waals surface area contributed by atoms with Crippen LogP contribution in [0.25, 0.3) is 0 Å². The molecule has 0 saturated carbocycles. The Labute approximate surface area is 81.9 Å². The summed E-state index contributed by atoms with van der Waals surface area (Å²) < 4.78 is 0. The van der Waals surface area contributed by atoms with Crippen LogP contribution in [0.4, 0.5) is 0 Å². The highest BCUT2D eigenvalue weighted by molar-refractivity contribution is 5.85. The summed E-state index contributed by atoms with van der Waals surface area (Å²) in [7, 11) is 0. The first-order chi connectivity index (χ1) is 5.00. The molecule has 1 aliphatic rings. The van der Waals surface area contributed by atoms with E-state index in [0.29, 0.717) is 11.6 Å². The minimum absolute atomic E-state index is 0. The summed E-state index contributed by atoms with van der Waals surface area (Å²) >= 11 is 0. The second kappa shape index (κ2) is 4.45. The maximum absolute atomic E-state index is 5.88. The van der Waals surface area contributed by atoms with Crippen molar-refractivity contribution in [2.24, 2.45) is 5.73 Å². The molecule has 12 heavy (non-hydrogen) atoms. The van der Waals surface area contributed by atoms with Gasteiger partial charge in [0.2, 0.25) is 0 Å². The van der Waals surface area contributed by atoms with Crippen LogP contribution >= 0.6 is 12.4 Å². The van der Waals surface area contributed by atoms with E-state index in [1.54, 1.807) is 0 Å². The lowest BCUT2D eigenvalue weighted by atomic mass is 9.99. The molecule has 74 valence electrons. The maximum atomic E-state index is 5.88. The largest absolute Gasteiger partial charge is 0.327 e. The van der Waals surface area contributed by atoms with Gasteiger partial charge in [-0.2, -0.15) is 0 Å². The molecule has 0 aromatic carbocycles. The summed E-state index contributed by atoms with van der Waals surface area (Å²) in [5, 5.41) is 0. The van der Waals surface area contributed by atoms with Crippen LogP contribution < -0.4 is 5.73 Å². The number of nitrogens with zero attached hydrogens (tertiary/aromatic N) is 1. The predicted molar refractivity (Wildman–Crippen MR) is 55.8 cm³/mol. The summed E-state index contributed by atoms with van der Waals surface area (Å²) in [6, 6.07) is 0.406. The van der Waals surface area contributed by atoms with Gasteiger partial charge in [-0.15, -0.1) is 12.4 Å². The van der Waals surface area contributed by atoms with Gasteiger partial charge in [-0.1, -0.05) is 0 Å². The van der Waals surface area contributed by atoms with Gasteiger partial charge in [-0.3, -0.25) is 4.90 Å². The fraction of sp³-hybridized carbons (Fsp3) is 1.00. The van der Waals surface area contributed by atoms with Crippen LogP contribution in [0.1, 0.15) is 33.6 Å². The summed E-state index contributed by atoms with van der Waals surface area (Å²) in [5.74, 6) is 0. The number of piperidine rings is 1. The number of likely N-dealkylation sites (tertiary alicyclic amines) is 1. The van der Waals surface area contributed by atoms with E-state index in [1.807, 2.05) is 0 Å². The van der Waals surface area contributed by atoms with Gasteiger partial charge in [0.25, 0.3) is 0 Å². The van der Waals surface area contributed by atoms with E-state index in [0.717, 1.165) is 6.54 Å². The lowest BCUT2D eigenvalue weighted by Crippen LogP contribution is -2.51. The SMILES string of the molecule is CC(C)(C)N1CCCC(N)C1.Cl. The van der Waals surface area contributed by atoms with Crippen LogP contribution in [0.2, 0.25) is 0 Å². The lowest BCUT2D eigenvalue weighted by molar-refractivity contribution is 0.0999. The molecule has 1 fully saturated rings. The topological polar surface area (TPSA) is 29.3 Å². The van der Waals surface area contributed by atoms with E-state index in [1.165, 1.54) is 19.4 Å². The second-order valence-corrected chi connectivity index (χ2v) is 4.52. The molecule has 0 aromatic rings. The van der Waals surface area contributed by atoms with Crippen molar-refractivity contribution in [2.45, 2.75) is 45.2 Å². The van der Waals surface area contributed by atoms with Crippen LogP contribution in [-0.2, 0) is 0 Å². The van der Waals surface area contributed by atoms with Gasteiger partial charge in [0, 0.05) is 18.1 Å². The molecule has 0 aliphatic carbocycles. The zero-order valence-electron chi connectivity index (χ0n) is 8.34. The van der Waals surface area contributed by atoms with Crippen LogP contribution in [-0.4, -0.2) is 29.6 Å². The average Bonchev–Trinajstić information content (AvgIpc) is 1.86. The Kier molecular flexibility index (Phi) is 4.53. The number of hydrogen-bond donors (Lipinski definition) is 1. The Bertz CT molecular complexity index is 131. The van der Waals surface area contributed by atoms with Gasteiger partial charge in [0.05, 0.1) is 0 Å². The standard InChI is InChI=1S/C9H20N2.ClH/c1-9(2,3)11-6-4-5-8(10)7-11;/h8H,4-7,10H2,1-3H3;1H. The van der Waals surface area contributed by atoms with E-state index in [-0.39, 0.29) is 12.4 Å². The second-order valence-electron chi connectivity index (χ2n) is 4.52. The molecule has 2 nitrogen and oxygen atoms in total. The van der Waals surface area contributed by atoms with Crippen LogP contribution in [0.15, 0.2) is 0 Å². The minimum atomic E-state index is 0. The Balaban J connectivity index is 0.00000121. The number of halogens is 1. The van der Waals surface area contributed by atoms with Crippen molar-refractivity contribution < 1.29 is 0 Å². The smallest absolute Gasteiger partial charge is 0.0168 e.